The smallest absolute Gasteiger partial charge is 0.232 e. The van der Waals surface area contributed by atoms with E-state index >= 15 is 0 Å². The summed E-state index contributed by atoms with van der Waals surface area (Å²) in [6, 6.07) is 0.432. The van der Waals surface area contributed by atoms with Gasteiger partial charge in [-0.25, -0.2) is 0 Å². The molecule has 0 spiro atoms. The van der Waals surface area contributed by atoms with Gasteiger partial charge < -0.3 is 0 Å². The van der Waals surface area contributed by atoms with E-state index in [0.29, 0.717) is 12.5 Å². The maximum atomic E-state index is 11.0. The number of rotatable bonds is 1. The number of piperidine rings is 1. The van der Waals surface area contributed by atoms with Gasteiger partial charge in [0.2, 0.25) is 5.91 Å². The van der Waals surface area contributed by atoms with Crippen LogP contribution in [0.2, 0.25) is 0 Å². The fraction of sp³-hybridized carbons (Fsp3) is 0.857. The molecule has 1 atom stereocenters. The maximum absolute atomic E-state index is 11.0. The van der Waals surface area contributed by atoms with E-state index < -0.39 is 0 Å². The molecule has 0 aromatic rings. The predicted molar refractivity (Wildman–Crippen MR) is 43.7 cm³/mol. The highest BCUT2D eigenvalue weighted by molar-refractivity contribution is 9.07. The first-order valence-electron chi connectivity index (χ1n) is 3.73. The molecule has 0 aromatic carbocycles. The Morgan fingerprint density at radius 3 is 3.00 bits per heavy atom. The third kappa shape index (κ3) is 1.51. The monoisotopic (exact) mass is 205 g/mol. The van der Waals surface area contributed by atoms with Gasteiger partial charge >= 0.3 is 0 Å². The normalized spacial score (nSPS) is 27.2. The molecule has 1 unspecified atom stereocenters. The molecule has 1 amide bonds. The number of nitrogens with zero attached hydrogens (tertiary/aromatic N) is 1. The average molecular weight is 206 g/mol. The zero-order chi connectivity index (χ0) is 7.56. The summed E-state index contributed by atoms with van der Waals surface area (Å²) >= 11 is 3.26. The SMILES string of the molecule is CCC1CCCC(=O)N1Br. The first-order chi connectivity index (χ1) is 4.75. The van der Waals surface area contributed by atoms with Gasteiger partial charge in [-0.2, -0.15) is 0 Å². The molecule has 1 aliphatic rings. The van der Waals surface area contributed by atoms with Gasteiger partial charge in [-0.05, 0) is 19.3 Å². The quantitative estimate of drug-likeness (QED) is 0.601. The lowest BCUT2D eigenvalue weighted by molar-refractivity contribution is -0.129. The van der Waals surface area contributed by atoms with Crippen molar-refractivity contribution in [3.05, 3.63) is 0 Å². The van der Waals surface area contributed by atoms with E-state index in [1.165, 1.54) is 0 Å². The molecule has 1 saturated heterocycles. The summed E-state index contributed by atoms with van der Waals surface area (Å²) in [7, 11) is 0. The number of halogens is 1. The highest BCUT2D eigenvalue weighted by atomic mass is 79.9. The molecular formula is C7H12BrNO. The van der Waals surface area contributed by atoms with Crippen molar-refractivity contribution in [2.45, 2.75) is 38.6 Å². The van der Waals surface area contributed by atoms with E-state index in [2.05, 4.69) is 23.1 Å². The second kappa shape index (κ2) is 3.37. The van der Waals surface area contributed by atoms with Crippen LogP contribution < -0.4 is 0 Å². The molecule has 1 rings (SSSR count). The Bertz CT molecular complexity index is 138. The van der Waals surface area contributed by atoms with Crippen LogP contribution in [0.3, 0.4) is 0 Å². The molecule has 0 bridgehead atoms. The van der Waals surface area contributed by atoms with Crippen LogP contribution in [0.4, 0.5) is 0 Å². The standard InChI is InChI=1S/C7H12BrNO/c1-2-6-4-3-5-7(10)9(6)8/h6H,2-5H2,1H3. The van der Waals surface area contributed by atoms with Crippen LogP contribution >= 0.6 is 16.1 Å². The van der Waals surface area contributed by atoms with Gasteiger partial charge in [-0.1, -0.05) is 6.92 Å². The van der Waals surface area contributed by atoms with E-state index in [9.17, 15) is 4.79 Å². The molecular weight excluding hydrogens is 194 g/mol. The highest BCUT2D eigenvalue weighted by Gasteiger charge is 2.24. The Morgan fingerprint density at radius 2 is 2.50 bits per heavy atom. The van der Waals surface area contributed by atoms with Crippen LogP contribution in [0.25, 0.3) is 0 Å². The van der Waals surface area contributed by atoms with Crippen molar-refractivity contribution in [2.75, 3.05) is 0 Å². The summed E-state index contributed by atoms with van der Waals surface area (Å²) in [5, 5.41) is 0. The van der Waals surface area contributed by atoms with Crippen LogP contribution in [-0.4, -0.2) is 15.9 Å². The zero-order valence-electron chi connectivity index (χ0n) is 6.14. The molecule has 0 N–H and O–H groups in total. The molecule has 0 aromatic heterocycles. The largest absolute Gasteiger partial charge is 0.276 e. The molecule has 3 heteroatoms. The number of carbonyl (C=O) groups excluding carboxylic acids is 1. The van der Waals surface area contributed by atoms with Gasteiger partial charge in [0.1, 0.15) is 0 Å². The maximum Gasteiger partial charge on any atom is 0.232 e. The molecule has 0 radical (unpaired) electrons. The van der Waals surface area contributed by atoms with Crippen LogP contribution in [-0.2, 0) is 4.79 Å². The Kier molecular flexibility index (Phi) is 2.72. The molecule has 0 saturated carbocycles. The van der Waals surface area contributed by atoms with Gasteiger partial charge in [0.05, 0.1) is 16.1 Å². The summed E-state index contributed by atoms with van der Waals surface area (Å²) in [5.74, 6) is 0.234. The van der Waals surface area contributed by atoms with Gasteiger partial charge in [0.25, 0.3) is 0 Å². The molecule has 10 heavy (non-hydrogen) atoms. The van der Waals surface area contributed by atoms with E-state index in [0.717, 1.165) is 19.3 Å². The predicted octanol–water partition coefficient (Wildman–Crippen LogP) is 2.09. The lowest BCUT2D eigenvalue weighted by Gasteiger charge is -2.29. The van der Waals surface area contributed by atoms with Gasteiger partial charge in [-0.15, -0.1) is 0 Å². The highest BCUT2D eigenvalue weighted by Crippen LogP contribution is 2.23. The van der Waals surface area contributed by atoms with E-state index in [1.807, 2.05) is 0 Å². The summed E-state index contributed by atoms with van der Waals surface area (Å²) in [6.07, 6.45) is 3.96. The van der Waals surface area contributed by atoms with Crippen LogP contribution in [0.5, 0.6) is 0 Å². The third-order valence-corrected chi connectivity index (χ3v) is 2.93. The fourth-order valence-corrected chi connectivity index (χ4v) is 1.95. The van der Waals surface area contributed by atoms with Crippen molar-refractivity contribution in [1.29, 1.82) is 0 Å². The van der Waals surface area contributed by atoms with Crippen LogP contribution in [0, 0.1) is 0 Å². The summed E-state index contributed by atoms with van der Waals surface area (Å²) in [5.41, 5.74) is 0. The summed E-state index contributed by atoms with van der Waals surface area (Å²) in [6.45, 7) is 2.11. The van der Waals surface area contributed by atoms with Gasteiger partial charge in [0, 0.05) is 12.5 Å². The van der Waals surface area contributed by atoms with Gasteiger partial charge in [0.15, 0.2) is 0 Å². The Hall–Kier alpha value is -0.0500. The molecule has 58 valence electrons. The topological polar surface area (TPSA) is 20.3 Å². The summed E-state index contributed by atoms with van der Waals surface area (Å²) < 4.78 is 1.70. The molecule has 0 aliphatic carbocycles. The zero-order valence-corrected chi connectivity index (χ0v) is 7.73. The third-order valence-electron chi connectivity index (χ3n) is 1.96. The van der Waals surface area contributed by atoms with Gasteiger partial charge in [-0.3, -0.25) is 8.72 Å². The van der Waals surface area contributed by atoms with Crippen molar-refractivity contribution in [1.82, 2.24) is 3.93 Å². The number of hydrogen-bond acceptors (Lipinski definition) is 1. The average Bonchev–Trinajstić information content (AvgIpc) is 1.95. The molecule has 1 fully saturated rings. The minimum absolute atomic E-state index is 0.234. The lowest BCUT2D eigenvalue weighted by Crippen LogP contribution is -2.35. The summed E-state index contributed by atoms with van der Waals surface area (Å²) in [4.78, 5) is 11.0. The van der Waals surface area contributed by atoms with Crippen molar-refractivity contribution < 1.29 is 4.79 Å². The minimum Gasteiger partial charge on any atom is -0.276 e. The molecule has 1 heterocycles. The van der Waals surface area contributed by atoms with Crippen LogP contribution in [0.15, 0.2) is 0 Å². The number of hydrogen-bond donors (Lipinski definition) is 0. The van der Waals surface area contributed by atoms with Crippen molar-refractivity contribution in [3.63, 3.8) is 0 Å². The van der Waals surface area contributed by atoms with Crippen molar-refractivity contribution in [2.24, 2.45) is 0 Å². The number of carbonyl (C=O) groups is 1. The Labute approximate surface area is 69.9 Å². The minimum atomic E-state index is 0.234. The number of amides is 1. The second-order valence-corrected chi connectivity index (χ2v) is 3.42. The fourth-order valence-electron chi connectivity index (χ4n) is 1.28. The molecule has 2 nitrogen and oxygen atoms in total. The van der Waals surface area contributed by atoms with E-state index in [4.69, 9.17) is 0 Å². The second-order valence-electron chi connectivity index (χ2n) is 2.66. The molecule has 1 aliphatic heterocycles. The van der Waals surface area contributed by atoms with Crippen molar-refractivity contribution in [3.8, 4) is 0 Å². The van der Waals surface area contributed by atoms with E-state index in [-0.39, 0.29) is 5.91 Å². The first kappa shape index (κ1) is 8.05. The van der Waals surface area contributed by atoms with Crippen molar-refractivity contribution >= 4 is 22.1 Å². The first-order valence-corrected chi connectivity index (χ1v) is 4.44. The van der Waals surface area contributed by atoms with Crippen LogP contribution in [0.1, 0.15) is 32.6 Å². The Balaban J connectivity index is 2.51. The lowest BCUT2D eigenvalue weighted by atomic mass is 10.0. The van der Waals surface area contributed by atoms with E-state index in [1.54, 1.807) is 3.93 Å². The Morgan fingerprint density at radius 1 is 1.80 bits per heavy atom.